The molecule has 0 aliphatic carbocycles. The third-order valence-electron chi connectivity index (χ3n) is 4.71. The van der Waals surface area contributed by atoms with Gasteiger partial charge in [-0.3, -0.25) is 4.99 Å². The molecule has 2 heterocycles. The van der Waals surface area contributed by atoms with Crippen molar-refractivity contribution in [1.29, 1.82) is 0 Å². The molecular weight excluding hydrogens is 392 g/mol. The van der Waals surface area contributed by atoms with E-state index in [-0.39, 0.29) is 0 Å². The zero-order valence-electron chi connectivity index (χ0n) is 15.9. The third-order valence-corrected chi connectivity index (χ3v) is 5.20. The summed E-state index contributed by atoms with van der Waals surface area (Å²) in [6, 6.07) is 6.64. The monoisotopic (exact) mass is 418 g/mol. The van der Waals surface area contributed by atoms with Crippen LogP contribution >= 0.6 is 15.9 Å². The second-order valence-corrected chi connectivity index (χ2v) is 8.02. The summed E-state index contributed by atoms with van der Waals surface area (Å²) >= 11 is 3.51. The lowest BCUT2D eigenvalue weighted by atomic mass is 10.1. The normalized spacial score (nSPS) is 17.3. The Morgan fingerprint density at radius 2 is 2.23 bits per heavy atom. The summed E-state index contributed by atoms with van der Waals surface area (Å²) in [6.07, 6.45) is 1.98. The van der Waals surface area contributed by atoms with Gasteiger partial charge in [-0.05, 0) is 36.6 Å². The molecule has 2 N–H and O–H groups in total. The molecule has 7 heteroatoms. The molecular formula is C19H27BrN6. The van der Waals surface area contributed by atoms with Gasteiger partial charge in [0.25, 0.3) is 0 Å². The molecule has 0 radical (unpaired) electrons. The zero-order valence-corrected chi connectivity index (χ0v) is 17.5. The number of hydrogen-bond acceptors (Lipinski definition) is 3. The zero-order chi connectivity index (χ0) is 18.7. The van der Waals surface area contributed by atoms with E-state index in [2.05, 4.69) is 80.6 Å². The summed E-state index contributed by atoms with van der Waals surface area (Å²) in [5, 5.41) is 11.6. The van der Waals surface area contributed by atoms with E-state index < -0.39 is 0 Å². The van der Waals surface area contributed by atoms with Crippen molar-refractivity contribution >= 4 is 21.9 Å². The Morgan fingerprint density at radius 3 is 2.92 bits per heavy atom. The molecule has 0 bridgehead atoms. The number of halogens is 1. The highest BCUT2D eigenvalue weighted by molar-refractivity contribution is 9.10. The molecule has 3 rings (SSSR count). The number of guanidine groups is 1. The summed E-state index contributed by atoms with van der Waals surface area (Å²) in [6.45, 7) is 7.96. The first-order valence-electron chi connectivity index (χ1n) is 9.12. The van der Waals surface area contributed by atoms with Crippen LogP contribution in [-0.4, -0.2) is 33.8 Å². The fourth-order valence-electron chi connectivity index (χ4n) is 3.12. The maximum atomic E-state index is 4.65. The molecule has 0 spiro atoms. The number of nitrogens with zero attached hydrogens (tertiary/aromatic N) is 4. The van der Waals surface area contributed by atoms with Crippen molar-refractivity contribution in [1.82, 2.24) is 25.4 Å². The predicted molar refractivity (Wildman–Crippen MR) is 108 cm³/mol. The first-order chi connectivity index (χ1) is 12.5. The van der Waals surface area contributed by atoms with E-state index in [0.29, 0.717) is 12.0 Å². The van der Waals surface area contributed by atoms with Crippen LogP contribution in [0.2, 0.25) is 0 Å². The number of aliphatic imine (C=N–C) groups is 1. The van der Waals surface area contributed by atoms with E-state index >= 15 is 0 Å². The predicted octanol–water partition coefficient (Wildman–Crippen LogP) is 3.15. The fourth-order valence-corrected chi connectivity index (χ4v) is 3.59. The summed E-state index contributed by atoms with van der Waals surface area (Å²) in [5.74, 6) is 3.22. The quantitative estimate of drug-likeness (QED) is 0.590. The van der Waals surface area contributed by atoms with Crippen molar-refractivity contribution in [2.75, 3.05) is 7.05 Å². The van der Waals surface area contributed by atoms with Gasteiger partial charge in [0.05, 0.1) is 6.54 Å². The van der Waals surface area contributed by atoms with Crippen molar-refractivity contribution in [3.8, 4) is 0 Å². The molecule has 26 heavy (non-hydrogen) atoms. The average molecular weight is 419 g/mol. The summed E-state index contributed by atoms with van der Waals surface area (Å²) in [5.41, 5.74) is 2.52. The lowest BCUT2D eigenvalue weighted by Crippen LogP contribution is -2.46. The maximum Gasteiger partial charge on any atom is 0.191 e. The van der Waals surface area contributed by atoms with Gasteiger partial charge in [0, 0.05) is 36.4 Å². The fraction of sp³-hybridized carbons (Fsp3) is 0.526. The Hall–Kier alpha value is -1.89. The van der Waals surface area contributed by atoms with Crippen LogP contribution in [-0.2, 0) is 19.5 Å². The largest absolute Gasteiger partial charge is 0.352 e. The Balaban J connectivity index is 1.58. The Kier molecular flexibility index (Phi) is 5.96. The second-order valence-electron chi connectivity index (χ2n) is 7.10. The number of benzene rings is 1. The van der Waals surface area contributed by atoms with Crippen LogP contribution < -0.4 is 10.6 Å². The van der Waals surface area contributed by atoms with Gasteiger partial charge in [-0.15, -0.1) is 0 Å². The standard InChI is InChI=1S/C19H27BrN6/c1-12(2)18-24-17-8-7-16(11-26(17)25-18)23-19(21-4)22-10-14-5-6-15(20)9-13(14)3/h5-6,9,12,16H,7-8,10-11H2,1-4H3,(H2,21,22,23). The van der Waals surface area contributed by atoms with Gasteiger partial charge < -0.3 is 10.6 Å². The minimum Gasteiger partial charge on any atom is -0.352 e. The van der Waals surface area contributed by atoms with Gasteiger partial charge in [0.15, 0.2) is 11.8 Å². The van der Waals surface area contributed by atoms with Crippen LogP contribution in [0.15, 0.2) is 27.7 Å². The summed E-state index contributed by atoms with van der Waals surface area (Å²) < 4.78 is 3.15. The number of aryl methyl sites for hydroxylation is 2. The highest BCUT2D eigenvalue weighted by atomic mass is 79.9. The Morgan fingerprint density at radius 1 is 1.42 bits per heavy atom. The topological polar surface area (TPSA) is 67.1 Å². The second kappa shape index (κ2) is 8.20. The Bertz CT molecular complexity index is 795. The molecule has 1 aliphatic rings. The van der Waals surface area contributed by atoms with Gasteiger partial charge in [-0.1, -0.05) is 35.8 Å². The molecule has 1 unspecified atom stereocenters. The van der Waals surface area contributed by atoms with E-state index in [0.717, 1.165) is 48.0 Å². The van der Waals surface area contributed by atoms with Crippen molar-refractivity contribution in [2.24, 2.45) is 4.99 Å². The molecule has 0 saturated carbocycles. The SMILES string of the molecule is CN=C(NCc1ccc(Br)cc1C)NC1CCc2nc(C(C)C)nn2C1. The first kappa shape index (κ1) is 18.9. The molecule has 140 valence electrons. The van der Waals surface area contributed by atoms with E-state index in [1.807, 2.05) is 11.7 Å². The molecule has 0 fully saturated rings. The lowest BCUT2D eigenvalue weighted by Gasteiger charge is -2.25. The van der Waals surface area contributed by atoms with Gasteiger partial charge in [0.1, 0.15) is 5.82 Å². The number of aromatic nitrogens is 3. The van der Waals surface area contributed by atoms with E-state index in [9.17, 15) is 0 Å². The van der Waals surface area contributed by atoms with E-state index in [4.69, 9.17) is 0 Å². The minimum atomic E-state index is 0.307. The van der Waals surface area contributed by atoms with Gasteiger partial charge in [0.2, 0.25) is 0 Å². The number of fused-ring (bicyclic) bond motifs is 1. The van der Waals surface area contributed by atoms with Crippen LogP contribution in [0, 0.1) is 6.92 Å². The molecule has 1 atom stereocenters. The van der Waals surface area contributed by atoms with Crippen molar-refractivity contribution < 1.29 is 0 Å². The Labute approximate surface area is 163 Å². The molecule has 1 aromatic heterocycles. The van der Waals surface area contributed by atoms with Crippen LogP contribution in [0.3, 0.4) is 0 Å². The molecule has 0 amide bonds. The van der Waals surface area contributed by atoms with E-state index in [1.165, 1.54) is 11.1 Å². The van der Waals surface area contributed by atoms with Gasteiger partial charge in [-0.2, -0.15) is 5.10 Å². The van der Waals surface area contributed by atoms with Crippen LogP contribution in [0.25, 0.3) is 0 Å². The molecule has 6 nitrogen and oxygen atoms in total. The van der Waals surface area contributed by atoms with Crippen LogP contribution in [0.5, 0.6) is 0 Å². The number of nitrogens with one attached hydrogen (secondary N) is 2. The van der Waals surface area contributed by atoms with Crippen molar-refractivity contribution in [2.45, 2.75) is 58.7 Å². The summed E-state index contributed by atoms with van der Waals surface area (Å²) in [4.78, 5) is 9.02. The molecule has 1 aromatic carbocycles. The van der Waals surface area contributed by atoms with Crippen molar-refractivity contribution in [3.05, 3.63) is 45.4 Å². The minimum absolute atomic E-state index is 0.307. The first-order valence-corrected chi connectivity index (χ1v) is 9.91. The highest BCUT2D eigenvalue weighted by Crippen LogP contribution is 2.17. The van der Waals surface area contributed by atoms with Gasteiger partial charge >= 0.3 is 0 Å². The van der Waals surface area contributed by atoms with Gasteiger partial charge in [-0.25, -0.2) is 9.67 Å². The highest BCUT2D eigenvalue weighted by Gasteiger charge is 2.23. The van der Waals surface area contributed by atoms with Crippen LogP contribution in [0.4, 0.5) is 0 Å². The van der Waals surface area contributed by atoms with E-state index in [1.54, 1.807) is 0 Å². The molecule has 1 aliphatic heterocycles. The maximum absolute atomic E-state index is 4.65. The molecule has 2 aromatic rings. The van der Waals surface area contributed by atoms with Crippen molar-refractivity contribution in [3.63, 3.8) is 0 Å². The molecule has 0 saturated heterocycles. The lowest BCUT2D eigenvalue weighted by molar-refractivity contribution is 0.391. The smallest absolute Gasteiger partial charge is 0.191 e. The number of hydrogen-bond donors (Lipinski definition) is 2. The van der Waals surface area contributed by atoms with Crippen LogP contribution in [0.1, 0.15) is 49.0 Å². The summed E-state index contributed by atoms with van der Waals surface area (Å²) in [7, 11) is 1.81. The number of rotatable bonds is 4. The average Bonchev–Trinajstić information content (AvgIpc) is 3.03. The third kappa shape index (κ3) is 4.44.